The van der Waals surface area contributed by atoms with Gasteiger partial charge in [0.25, 0.3) is 0 Å². The lowest BCUT2D eigenvalue weighted by molar-refractivity contribution is 0.629. The molecule has 0 aliphatic carbocycles. The summed E-state index contributed by atoms with van der Waals surface area (Å²) in [6.07, 6.45) is 2.58. The van der Waals surface area contributed by atoms with Crippen molar-refractivity contribution in [2.24, 2.45) is 5.73 Å². The Morgan fingerprint density at radius 2 is 2.18 bits per heavy atom. The molecule has 4 heteroatoms. The Hall–Kier alpha value is -1.68. The van der Waals surface area contributed by atoms with Gasteiger partial charge in [0.15, 0.2) is 0 Å². The summed E-state index contributed by atoms with van der Waals surface area (Å²) in [5.41, 5.74) is 6.90. The summed E-state index contributed by atoms with van der Waals surface area (Å²) in [6, 6.07) is 6.65. The van der Waals surface area contributed by atoms with E-state index in [4.69, 9.17) is 5.73 Å². The van der Waals surface area contributed by atoms with E-state index in [2.05, 4.69) is 16.9 Å². The molecule has 1 aromatic carbocycles. The fraction of sp³-hybridized carbons (Fsp3) is 0.308. The number of aromatic nitrogens is 2. The summed E-state index contributed by atoms with van der Waals surface area (Å²) in [6.45, 7) is 2.60. The molecule has 0 amide bonds. The molecular weight excluding hydrogens is 217 g/mol. The fourth-order valence-electron chi connectivity index (χ4n) is 1.83. The minimum atomic E-state index is -0.247. The summed E-state index contributed by atoms with van der Waals surface area (Å²) < 4.78 is 13.6. The number of nitrogens with one attached hydrogen (secondary N) is 1. The van der Waals surface area contributed by atoms with E-state index < -0.39 is 0 Å². The molecule has 0 fully saturated rings. The number of halogens is 1. The van der Waals surface area contributed by atoms with E-state index in [1.54, 1.807) is 24.4 Å². The molecule has 1 heterocycles. The predicted octanol–water partition coefficient (Wildman–Crippen LogP) is 2.67. The van der Waals surface area contributed by atoms with Crippen molar-refractivity contribution in [3.63, 3.8) is 0 Å². The maximum absolute atomic E-state index is 13.6. The van der Waals surface area contributed by atoms with Crippen LogP contribution in [0.3, 0.4) is 0 Å². The van der Waals surface area contributed by atoms with Crippen LogP contribution in [0.15, 0.2) is 30.5 Å². The summed E-state index contributed by atoms with van der Waals surface area (Å²) in [7, 11) is 0. The van der Waals surface area contributed by atoms with E-state index in [0.29, 0.717) is 17.8 Å². The zero-order chi connectivity index (χ0) is 12.3. The molecule has 17 heavy (non-hydrogen) atoms. The van der Waals surface area contributed by atoms with E-state index >= 15 is 0 Å². The van der Waals surface area contributed by atoms with Crippen LogP contribution in [0.25, 0.3) is 11.3 Å². The normalized spacial score (nSPS) is 12.6. The van der Waals surface area contributed by atoms with Gasteiger partial charge in [-0.3, -0.25) is 0 Å². The number of nitrogens with zero attached hydrogens (tertiary/aromatic N) is 1. The molecule has 0 saturated carbocycles. The maximum atomic E-state index is 13.6. The number of aromatic amines is 1. The van der Waals surface area contributed by atoms with Gasteiger partial charge in [0.2, 0.25) is 0 Å². The van der Waals surface area contributed by atoms with E-state index in [1.165, 1.54) is 6.07 Å². The van der Waals surface area contributed by atoms with Gasteiger partial charge >= 0.3 is 0 Å². The van der Waals surface area contributed by atoms with Crippen LogP contribution in [-0.4, -0.2) is 16.5 Å². The average Bonchev–Trinajstić information content (AvgIpc) is 2.81. The molecule has 0 bridgehead atoms. The van der Waals surface area contributed by atoms with Crippen molar-refractivity contribution in [3.05, 3.63) is 42.1 Å². The van der Waals surface area contributed by atoms with Gasteiger partial charge in [0.05, 0.1) is 11.9 Å². The quantitative estimate of drug-likeness (QED) is 0.853. The van der Waals surface area contributed by atoms with Gasteiger partial charge in [-0.1, -0.05) is 19.1 Å². The smallest absolute Gasteiger partial charge is 0.132 e. The van der Waals surface area contributed by atoms with Crippen LogP contribution in [0, 0.1) is 5.82 Å². The number of imidazole rings is 1. The molecule has 3 N–H and O–H groups in total. The number of benzene rings is 1. The SMILES string of the molecule is CCC(CN)c1ncc(-c2ccccc2F)[nH]1. The Morgan fingerprint density at radius 3 is 2.82 bits per heavy atom. The number of nitrogens with two attached hydrogens (primary N) is 1. The van der Waals surface area contributed by atoms with Crippen LogP contribution in [0.1, 0.15) is 25.1 Å². The van der Waals surface area contributed by atoms with Crippen LogP contribution >= 0.6 is 0 Å². The molecule has 0 spiro atoms. The van der Waals surface area contributed by atoms with Crippen LogP contribution in [-0.2, 0) is 0 Å². The van der Waals surface area contributed by atoms with Crippen LogP contribution in [0.2, 0.25) is 0 Å². The Bertz CT molecular complexity index is 489. The molecule has 1 atom stereocenters. The summed E-state index contributed by atoms with van der Waals surface area (Å²) >= 11 is 0. The Balaban J connectivity index is 2.33. The van der Waals surface area contributed by atoms with Gasteiger partial charge in [-0.25, -0.2) is 9.37 Å². The topological polar surface area (TPSA) is 54.7 Å². The van der Waals surface area contributed by atoms with Gasteiger partial charge < -0.3 is 10.7 Å². The second kappa shape index (κ2) is 5.10. The molecule has 90 valence electrons. The molecule has 0 aliphatic heterocycles. The van der Waals surface area contributed by atoms with Crippen molar-refractivity contribution in [2.75, 3.05) is 6.54 Å². The minimum absolute atomic E-state index is 0.204. The second-order valence-corrected chi connectivity index (χ2v) is 4.00. The molecule has 1 aromatic heterocycles. The second-order valence-electron chi connectivity index (χ2n) is 4.00. The third-order valence-corrected chi connectivity index (χ3v) is 2.92. The summed E-state index contributed by atoms with van der Waals surface area (Å²) in [4.78, 5) is 7.41. The van der Waals surface area contributed by atoms with Gasteiger partial charge in [-0.2, -0.15) is 0 Å². The third kappa shape index (κ3) is 2.36. The number of rotatable bonds is 4. The van der Waals surface area contributed by atoms with Gasteiger partial charge in [-0.15, -0.1) is 0 Å². The van der Waals surface area contributed by atoms with Crippen molar-refractivity contribution >= 4 is 0 Å². The van der Waals surface area contributed by atoms with Crippen LogP contribution in [0.5, 0.6) is 0 Å². The average molecular weight is 233 g/mol. The first-order valence-corrected chi connectivity index (χ1v) is 5.76. The van der Waals surface area contributed by atoms with Crippen molar-refractivity contribution in [1.82, 2.24) is 9.97 Å². The predicted molar refractivity (Wildman–Crippen MR) is 66.1 cm³/mol. The highest BCUT2D eigenvalue weighted by molar-refractivity contribution is 5.59. The van der Waals surface area contributed by atoms with Crippen molar-refractivity contribution in [3.8, 4) is 11.3 Å². The highest BCUT2D eigenvalue weighted by atomic mass is 19.1. The lowest BCUT2D eigenvalue weighted by Crippen LogP contribution is -2.12. The molecular formula is C13H16FN3. The zero-order valence-corrected chi connectivity index (χ0v) is 9.78. The molecule has 3 nitrogen and oxygen atoms in total. The number of hydrogen-bond donors (Lipinski definition) is 2. The van der Waals surface area contributed by atoms with E-state index in [1.807, 2.05) is 0 Å². The maximum Gasteiger partial charge on any atom is 0.132 e. The summed E-state index contributed by atoms with van der Waals surface area (Å²) in [5, 5.41) is 0. The third-order valence-electron chi connectivity index (χ3n) is 2.92. The first-order valence-electron chi connectivity index (χ1n) is 5.76. The molecule has 2 aromatic rings. The first kappa shape index (κ1) is 11.8. The Kier molecular flexibility index (Phi) is 3.54. The summed E-state index contributed by atoms with van der Waals surface area (Å²) in [5.74, 6) is 0.785. The van der Waals surface area contributed by atoms with E-state index in [0.717, 1.165) is 12.2 Å². The standard InChI is InChI=1S/C13H16FN3/c1-2-9(7-15)13-16-8-12(17-13)10-5-3-4-6-11(10)14/h3-6,8-9H,2,7,15H2,1H3,(H,16,17). The van der Waals surface area contributed by atoms with Gasteiger partial charge in [-0.05, 0) is 18.6 Å². The Morgan fingerprint density at radius 1 is 1.41 bits per heavy atom. The van der Waals surface area contributed by atoms with Gasteiger partial charge in [0, 0.05) is 18.0 Å². The molecule has 0 saturated heterocycles. The van der Waals surface area contributed by atoms with Crippen molar-refractivity contribution < 1.29 is 4.39 Å². The van der Waals surface area contributed by atoms with E-state index in [9.17, 15) is 4.39 Å². The highest BCUT2D eigenvalue weighted by Crippen LogP contribution is 2.23. The highest BCUT2D eigenvalue weighted by Gasteiger charge is 2.13. The molecule has 1 unspecified atom stereocenters. The fourth-order valence-corrected chi connectivity index (χ4v) is 1.83. The molecule has 2 rings (SSSR count). The lowest BCUT2D eigenvalue weighted by Gasteiger charge is -2.07. The molecule has 0 aliphatic rings. The largest absolute Gasteiger partial charge is 0.342 e. The number of hydrogen-bond acceptors (Lipinski definition) is 2. The lowest BCUT2D eigenvalue weighted by atomic mass is 10.1. The Labute approximate surface area is 99.9 Å². The number of H-pyrrole nitrogens is 1. The zero-order valence-electron chi connectivity index (χ0n) is 9.78. The monoisotopic (exact) mass is 233 g/mol. The van der Waals surface area contributed by atoms with Crippen molar-refractivity contribution in [1.29, 1.82) is 0 Å². The molecule has 0 radical (unpaired) electrons. The first-order chi connectivity index (χ1) is 8.26. The minimum Gasteiger partial charge on any atom is -0.342 e. The van der Waals surface area contributed by atoms with Crippen LogP contribution < -0.4 is 5.73 Å². The van der Waals surface area contributed by atoms with Crippen LogP contribution in [0.4, 0.5) is 4.39 Å². The van der Waals surface area contributed by atoms with E-state index in [-0.39, 0.29) is 11.7 Å². The van der Waals surface area contributed by atoms with Crippen molar-refractivity contribution in [2.45, 2.75) is 19.3 Å². The van der Waals surface area contributed by atoms with Gasteiger partial charge in [0.1, 0.15) is 11.6 Å².